The Hall–Kier alpha value is -2.50. The number of anilines is 1. The third-order valence-electron chi connectivity index (χ3n) is 2.60. The van der Waals surface area contributed by atoms with E-state index in [-0.39, 0.29) is 6.61 Å². The van der Waals surface area contributed by atoms with Crippen molar-refractivity contribution in [3.05, 3.63) is 41.7 Å². The molecule has 0 aliphatic carbocycles. The highest BCUT2D eigenvalue weighted by atomic mass is 16.5. The third-order valence-corrected chi connectivity index (χ3v) is 2.60. The van der Waals surface area contributed by atoms with E-state index >= 15 is 0 Å². The summed E-state index contributed by atoms with van der Waals surface area (Å²) in [5.41, 5.74) is 7.40. The summed E-state index contributed by atoms with van der Waals surface area (Å²) < 4.78 is 12.2. The summed E-state index contributed by atoms with van der Waals surface area (Å²) in [4.78, 5) is 12.0. The quantitative estimate of drug-likeness (QED) is 0.664. The summed E-state index contributed by atoms with van der Waals surface area (Å²) in [6.07, 6.45) is 3.44. The maximum Gasteiger partial charge on any atom is 0.338 e. The molecule has 0 atom stereocenters. The maximum atomic E-state index is 12.0. The minimum Gasteiger partial charge on any atom is -0.494 e. The van der Waals surface area contributed by atoms with Crippen molar-refractivity contribution in [2.45, 2.75) is 13.5 Å². The van der Waals surface area contributed by atoms with Crippen LogP contribution in [0, 0.1) is 0 Å². The molecule has 20 heavy (non-hydrogen) atoms. The monoisotopic (exact) mass is 275 g/mol. The molecule has 2 rings (SSSR count). The second kappa shape index (κ2) is 6.10. The highest BCUT2D eigenvalue weighted by Gasteiger charge is 2.11. The average Bonchev–Trinajstić information content (AvgIpc) is 2.81. The Morgan fingerprint density at radius 3 is 2.85 bits per heavy atom. The van der Waals surface area contributed by atoms with E-state index in [1.807, 2.05) is 6.92 Å². The number of aromatic nitrogens is 2. The molecular formula is C14H17N3O3. The maximum absolute atomic E-state index is 12.0. The van der Waals surface area contributed by atoms with Gasteiger partial charge in [-0.25, -0.2) is 4.79 Å². The lowest BCUT2D eigenvalue weighted by Crippen LogP contribution is -2.06. The Morgan fingerprint density at radius 2 is 2.20 bits per heavy atom. The van der Waals surface area contributed by atoms with Gasteiger partial charge in [0.25, 0.3) is 0 Å². The number of hydrogen-bond acceptors (Lipinski definition) is 5. The normalized spacial score (nSPS) is 10.3. The van der Waals surface area contributed by atoms with Gasteiger partial charge in [-0.3, -0.25) is 4.68 Å². The number of benzene rings is 1. The standard InChI is InChI=1S/C14H17N3O3/c1-3-19-13-5-11(4-12(15)6-13)14(18)20-9-10-7-16-17(2)8-10/h4-8H,3,9,15H2,1-2H3. The van der Waals surface area contributed by atoms with Crippen LogP contribution in [0.1, 0.15) is 22.8 Å². The van der Waals surface area contributed by atoms with Gasteiger partial charge in [0.1, 0.15) is 12.4 Å². The number of hydrogen-bond donors (Lipinski definition) is 1. The van der Waals surface area contributed by atoms with Crippen LogP contribution < -0.4 is 10.5 Å². The third kappa shape index (κ3) is 3.50. The van der Waals surface area contributed by atoms with Crippen molar-refractivity contribution in [2.24, 2.45) is 7.05 Å². The number of ether oxygens (including phenoxy) is 2. The summed E-state index contributed by atoms with van der Waals surface area (Å²) >= 11 is 0. The fourth-order valence-electron chi connectivity index (χ4n) is 1.77. The van der Waals surface area contributed by atoms with Crippen molar-refractivity contribution in [1.29, 1.82) is 0 Å². The molecule has 1 aromatic heterocycles. The first-order valence-corrected chi connectivity index (χ1v) is 6.26. The molecule has 0 aliphatic heterocycles. The van der Waals surface area contributed by atoms with Crippen LogP contribution in [-0.2, 0) is 18.4 Å². The summed E-state index contributed by atoms with van der Waals surface area (Å²) in [5, 5.41) is 4.01. The molecule has 0 radical (unpaired) electrons. The highest BCUT2D eigenvalue weighted by molar-refractivity contribution is 5.91. The second-order valence-corrected chi connectivity index (χ2v) is 4.32. The van der Waals surface area contributed by atoms with Crippen molar-refractivity contribution in [2.75, 3.05) is 12.3 Å². The molecule has 6 heteroatoms. The number of aryl methyl sites for hydroxylation is 1. The smallest absolute Gasteiger partial charge is 0.338 e. The molecule has 0 unspecified atom stereocenters. The van der Waals surface area contributed by atoms with E-state index in [9.17, 15) is 4.79 Å². The van der Waals surface area contributed by atoms with Crippen molar-refractivity contribution < 1.29 is 14.3 Å². The second-order valence-electron chi connectivity index (χ2n) is 4.32. The highest BCUT2D eigenvalue weighted by Crippen LogP contribution is 2.20. The van der Waals surface area contributed by atoms with Gasteiger partial charge in [0, 0.05) is 30.6 Å². The Balaban J connectivity index is 2.04. The lowest BCUT2D eigenvalue weighted by atomic mass is 10.2. The average molecular weight is 275 g/mol. The zero-order valence-electron chi connectivity index (χ0n) is 11.5. The fraction of sp³-hybridized carbons (Fsp3) is 0.286. The predicted octanol–water partition coefficient (Wildman–Crippen LogP) is 1.76. The van der Waals surface area contributed by atoms with Gasteiger partial charge in [-0.05, 0) is 19.1 Å². The van der Waals surface area contributed by atoms with Crippen LogP contribution in [0.3, 0.4) is 0 Å². The number of rotatable bonds is 5. The first kappa shape index (κ1) is 13.9. The molecule has 0 saturated carbocycles. The van der Waals surface area contributed by atoms with E-state index in [1.165, 1.54) is 0 Å². The van der Waals surface area contributed by atoms with E-state index in [4.69, 9.17) is 15.2 Å². The van der Waals surface area contributed by atoms with Crippen LogP contribution in [0.4, 0.5) is 5.69 Å². The number of nitrogens with zero attached hydrogens (tertiary/aromatic N) is 2. The van der Waals surface area contributed by atoms with Crippen LogP contribution in [0.15, 0.2) is 30.6 Å². The molecule has 0 amide bonds. The lowest BCUT2D eigenvalue weighted by molar-refractivity contribution is 0.0472. The first-order valence-electron chi connectivity index (χ1n) is 6.26. The van der Waals surface area contributed by atoms with Crippen LogP contribution in [0.2, 0.25) is 0 Å². The van der Waals surface area contributed by atoms with Gasteiger partial charge in [-0.1, -0.05) is 0 Å². The number of nitrogens with two attached hydrogens (primary N) is 1. The molecule has 6 nitrogen and oxygen atoms in total. The SMILES string of the molecule is CCOc1cc(N)cc(C(=O)OCc2cnn(C)c2)c1. The molecule has 106 valence electrons. The largest absolute Gasteiger partial charge is 0.494 e. The molecule has 0 bridgehead atoms. The Morgan fingerprint density at radius 1 is 1.40 bits per heavy atom. The zero-order chi connectivity index (χ0) is 14.5. The fourth-order valence-corrected chi connectivity index (χ4v) is 1.77. The van der Waals surface area contributed by atoms with E-state index in [0.29, 0.717) is 23.6 Å². The van der Waals surface area contributed by atoms with E-state index in [2.05, 4.69) is 5.10 Å². The van der Waals surface area contributed by atoms with Gasteiger partial charge < -0.3 is 15.2 Å². The summed E-state index contributed by atoms with van der Waals surface area (Å²) in [7, 11) is 1.80. The van der Waals surface area contributed by atoms with Gasteiger partial charge in [0.05, 0.1) is 18.4 Å². The Labute approximate surface area is 117 Å². The molecule has 2 aromatic rings. The zero-order valence-corrected chi connectivity index (χ0v) is 11.5. The molecule has 2 N–H and O–H groups in total. The van der Waals surface area contributed by atoms with Crippen LogP contribution in [-0.4, -0.2) is 22.4 Å². The number of carbonyl (C=O) groups excluding carboxylic acids is 1. The Bertz CT molecular complexity index is 607. The summed E-state index contributed by atoms with van der Waals surface area (Å²) in [5.74, 6) is 0.114. The van der Waals surface area contributed by atoms with Crippen LogP contribution in [0.25, 0.3) is 0 Å². The Kier molecular flexibility index (Phi) is 4.24. The van der Waals surface area contributed by atoms with Crippen LogP contribution in [0.5, 0.6) is 5.75 Å². The van der Waals surface area contributed by atoms with Crippen molar-refractivity contribution in [3.8, 4) is 5.75 Å². The van der Waals surface area contributed by atoms with Crippen molar-refractivity contribution >= 4 is 11.7 Å². The lowest BCUT2D eigenvalue weighted by Gasteiger charge is -2.08. The summed E-state index contributed by atoms with van der Waals surface area (Å²) in [6.45, 7) is 2.54. The van der Waals surface area contributed by atoms with E-state index < -0.39 is 5.97 Å². The minimum atomic E-state index is -0.442. The molecule has 0 fully saturated rings. The molecule has 1 aromatic carbocycles. The van der Waals surface area contributed by atoms with Crippen molar-refractivity contribution in [3.63, 3.8) is 0 Å². The van der Waals surface area contributed by atoms with Gasteiger partial charge >= 0.3 is 5.97 Å². The molecule has 1 heterocycles. The van der Waals surface area contributed by atoms with E-state index in [1.54, 1.807) is 42.3 Å². The number of carbonyl (C=O) groups is 1. The predicted molar refractivity (Wildman–Crippen MR) is 74.4 cm³/mol. The van der Waals surface area contributed by atoms with Gasteiger partial charge in [-0.15, -0.1) is 0 Å². The molecule has 0 aliphatic rings. The van der Waals surface area contributed by atoms with E-state index in [0.717, 1.165) is 5.56 Å². The van der Waals surface area contributed by atoms with Crippen LogP contribution >= 0.6 is 0 Å². The minimum absolute atomic E-state index is 0.172. The first-order chi connectivity index (χ1) is 9.58. The van der Waals surface area contributed by atoms with Gasteiger partial charge in [0.2, 0.25) is 0 Å². The number of nitrogen functional groups attached to an aromatic ring is 1. The molecule has 0 spiro atoms. The topological polar surface area (TPSA) is 79.4 Å². The molecule has 0 saturated heterocycles. The summed E-state index contributed by atoms with van der Waals surface area (Å²) in [6, 6.07) is 4.85. The van der Waals surface area contributed by atoms with Crippen molar-refractivity contribution in [1.82, 2.24) is 9.78 Å². The molecular weight excluding hydrogens is 258 g/mol. The number of esters is 1. The van der Waals surface area contributed by atoms with Gasteiger partial charge in [-0.2, -0.15) is 5.10 Å². The van der Waals surface area contributed by atoms with Gasteiger partial charge in [0.15, 0.2) is 0 Å².